The highest BCUT2D eigenvalue weighted by Gasteiger charge is 2.35. The summed E-state index contributed by atoms with van der Waals surface area (Å²) in [6.07, 6.45) is 6.24. The van der Waals surface area contributed by atoms with Crippen LogP contribution in [-0.2, 0) is 4.74 Å². The fraction of sp³-hybridized carbons (Fsp3) is 0.500. The average molecular weight is 339 g/mol. The van der Waals surface area contributed by atoms with Crippen molar-refractivity contribution in [3.05, 3.63) is 47.8 Å². The Morgan fingerprint density at radius 1 is 1.24 bits per heavy atom. The van der Waals surface area contributed by atoms with E-state index in [0.717, 1.165) is 49.2 Å². The second kappa shape index (κ2) is 7.00. The van der Waals surface area contributed by atoms with E-state index in [1.54, 1.807) is 6.20 Å². The Hall–Kier alpha value is -2.14. The highest BCUT2D eigenvalue weighted by atomic mass is 16.5. The molecule has 1 aromatic carbocycles. The summed E-state index contributed by atoms with van der Waals surface area (Å²) in [6, 6.07) is 10.1. The number of rotatable bonds is 5. The fourth-order valence-electron chi connectivity index (χ4n) is 3.71. The third-order valence-electron chi connectivity index (χ3n) is 5.07. The zero-order chi connectivity index (χ0) is 17.2. The summed E-state index contributed by atoms with van der Waals surface area (Å²) in [7, 11) is 0. The highest BCUT2D eigenvalue weighted by Crippen LogP contribution is 2.42. The van der Waals surface area contributed by atoms with Gasteiger partial charge in [0.25, 0.3) is 5.91 Å². The molecule has 4 rings (SSSR count). The lowest BCUT2D eigenvalue weighted by Crippen LogP contribution is -2.43. The molecule has 132 valence electrons. The van der Waals surface area contributed by atoms with Gasteiger partial charge in [-0.1, -0.05) is 18.2 Å². The summed E-state index contributed by atoms with van der Waals surface area (Å²) in [5, 5.41) is 4.56. The predicted octanol–water partition coefficient (Wildman–Crippen LogP) is 3.39. The van der Waals surface area contributed by atoms with E-state index in [2.05, 4.69) is 5.10 Å². The number of ether oxygens (including phenoxy) is 1. The molecular formula is C20H25N3O2. The first-order valence-electron chi connectivity index (χ1n) is 9.32. The van der Waals surface area contributed by atoms with Crippen LogP contribution >= 0.6 is 0 Å². The summed E-state index contributed by atoms with van der Waals surface area (Å²) in [5.41, 5.74) is 2.87. The Balaban J connectivity index is 1.62. The maximum atomic E-state index is 13.2. The summed E-state index contributed by atoms with van der Waals surface area (Å²) >= 11 is 0. The molecular weight excluding hydrogens is 314 g/mol. The minimum Gasteiger partial charge on any atom is -0.377 e. The summed E-state index contributed by atoms with van der Waals surface area (Å²) in [6.45, 7) is 4.21. The van der Waals surface area contributed by atoms with Gasteiger partial charge in [0.2, 0.25) is 0 Å². The molecule has 0 unspecified atom stereocenters. The number of carbonyl (C=O) groups excluding carboxylic acids is 1. The van der Waals surface area contributed by atoms with Crippen molar-refractivity contribution < 1.29 is 9.53 Å². The second-order valence-electron chi connectivity index (χ2n) is 6.94. The lowest BCUT2D eigenvalue weighted by Gasteiger charge is -2.32. The Bertz CT molecular complexity index is 735. The number of benzene rings is 1. The van der Waals surface area contributed by atoms with Crippen molar-refractivity contribution in [1.29, 1.82) is 0 Å². The number of para-hydroxylation sites is 1. The van der Waals surface area contributed by atoms with Crippen LogP contribution in [0.25, 0.3) is 5.69 Å². The van der Waals surface area contributed by atoms with Gasteiger partial charge in [-0.2, -0.15) is 5.10 Å². The third kappa shape index (κ3) is 3.33. The average Bonchev–Trinajstić information content (AvgIpc) is 3.40. The van der Waals surface area contributed by atoms with Crippen molar-refractivity contribution >= 4 is 5.91 Å². The van der Waals surface area contributed by atoms with Gasteiger partial charge in [0, 0.05) is 25.6 Å². The SMILES string of the molecule is CCO[C@@H]1CCCN(C(=O)c2cnn(-c3ccccc3)c2C2CC2)C1. The van der Waals surface area contributed by atoms with Crippen LogP contribution in [0.3, 0.4) is 0 Å². The molecule has 5 nitrogen and oxygen atoms in total. The molecule has 1 aliphatic carbocycles. The Morgan fingerprint density at radius 3 is 2.76 bits per heavy atom. The van der Waals surface area contributed by atoms with Crippen molar-refractivity contribution in [3.63, 3.8) is 0 Å². The lowest BCUT2D eigenvalue weighted by atomic mass is 10.1. The van der Waals surface area contributed by atoms with E-state index < -0.39 is 0 Å². The van der Waals surface area contributed by atoms with E-state index in [-0.39, 0.29) is 12.0 Å². The molecule has 0 N–H and O–H groups in total. The normalized spacial score (nSPS) is 20.7. The quantitative estimate of drug-likeness (QED) is 0.839. The molecule has 1 aliphatic heterocycles. The van der Waals surface area contributed by atoms with Crippen LogP contribution < -0.4 is 0 Å². The van der Waals surface area contributed by atoms with E-state index in [9.17, 15) is 4.79 Å². The number of nitrogens with zero attached hydrogens (tertiary/aromatic N) is 3. The van der Waals surface area contributed by atoms with E-state index >= 15 is 0 Å². The Morgan fingerprint density at radius 2 is 2.04 bits per heavy atom. The topological polar surface area (TPSA) is 47.4 Å². The van der Waals surface area contributed by atoms with Gasteiger partial charge in [0.1, 0.15) is 0 Å². The zero-order valence-electron chi connectivity index (χ0n) is 14.7. The van der Waals surface area contributed by atoms with Crippen molar-refractivity contribution in [2.75, 3.05) is 19.7 Å². The van der Waals surface area contributed by atoms with Gasteiger partial charge in [-0.05, 0) is 44.7 Å². The number of likely N-dealkylation sites (tertiary alicyclic amines) is 1. The van der Waals surface area contributed by atoms with Crippen molar-refractivity contribution in [3.8, 4) is 5.69 Å². The molecule has 1 atom stereocenters. The van der Waals surface area contributed by atoms with Gasteiger partial charge in [0.15, 0.2) is 0 Å². The predicted molar refractivity (Wildman–Crippen MR) is 96.1 cm³/mol. The molecule has 0 radical (unpaired) electrons. The monoisotopic (exact) mass is 339 g/mol. The third-order valence-corrected chi connectivity index (χ3v) is 5.07. The Kier molecular flexibility index (Phi) is 4.57. The minimum atomic E-state index is 0.105. The molecule has 0 spiro atoms. The fourth-order valence-corrected chi connectivity index (χ4v) is 3.71. The van der Waals surface area contributed by atoms with Crippen molar-refractivity contribution in [1.82, 2.24) is 14.7 Å². The number of aromatic nitrogens is 2. The molecule has 1 saturated carbocycles. The largest absolute Gasteiger partial charge is 0.377 e. The van der Waals surface area contributed by atoms with Crippen molar-refractivity contribution in [2.45, 2.75) is 44.6 Å². The molecule has 0 bridgehead atoms. The van der Waals surface area contributed by atoms with Gasteiger partial charge in [-0.3, -0.25) is 4.79 Å². The summed E-state index contributed by atoms with van der Waals surface area (Å²) in [5.74, 6) is 0.558. The van der Waals surface area contributed by atoms with Gasteiger partial charge < -0.3 is 9.64 Å². The van der Waals surface area contributed by atoms with Crippen LogP contribution in [-0.4, -0.2) is 46.4 Å². The molecule has 1 aromatic heterocycles. The van der Waals surface area contributed by atoms with Gasteiger partial charge in [-0.15, -0.1) is 0 Å². The van der Waals surface area contributed by atoms with Crippen LogP contribution in [0.4, 0.5) is 0 Å². The molecule has 25 heavy (non-hydrogen) atoms. The molecule has 5 heteroatoms. The number of hydrogen-bond donors (Lipinski definition) is 0. The zero-order valence-corrected chi connectivity index (χ0v) is 14.7. The molecule has 2 aromatic rings. The molecule has 2 heterocycles. The first kappa shape index (κ1) is 16.3. The van der Waals surface area contributed by atoms with Crippen LogP contribution in [0.2, 0.25) is 0 Å². The second-order valence-corrected chi connectivity index (χ2v) is 6.94. The molecule has 2 fully saturated rings. The van der Waals surface area contributed by atoms with E-state index in [1.807, 2.05) is 46.8 Å². The number of piperidine rings is 1. The Labute approximate surface area is 148 Å². The van der Waals surface area contributed by atoms with Crippen LogP contribution in [0.1, 0.15) is 54.6 Å². The van der Waals surface area contributed by atoms with Crippen molar-refractivity contribution in [2.24, 2.45) is 0 Å². The standard InChI is InChI=1S/C20H25N3O2/c1-2-25-17-9-6-12-22(14-17)20(24)18-13-21-23(19(18)15-10-11-15)16-7-4-3-5-8-16/h3-5,7-8,13,15,17H,2,6,9-12,14H2,1H3/t17-/m1/s1. The number of hydrogen-bond acceptors (Lipinski definition) is 3. The van der Waals surface area contributed by atoms with E-state index in [1.165, 1.54) is 0 Å². The molecule has 1 saturated heterocycles. The van der Waals surface area contributed by atoms with Crippen LogP contribution in [0.5, 0.6) is 0 Å². The van der Waals surface area contributed by atoms with Crippen LogP contribution in [0, 0.1) is 0 Å². The maximum absolute atomic E-state index is 13.2. The van der Waals surface area contributed by atoms with Crippen LogP contribution in [0.15, 0.2) is 36.5 Å². The van der Waals surface area contributed by atoms with Gasteiger partial charge in [0.05, 0.1) is 29.2 Å². The maximum Gasteiger partial charge on any atom is 0.257 e. The van der Waals surface area contributed by atoms with Gasteiger partial charge >= 0.3 is 0 Å². The number of amides is 1. The molecule has 1 amide bonds. The first-order chi connectivity index (χ1) is 12.3. The summed E-state index contributed by atoms with van der Waals surface area (Å²) in [4.78, 5) is 15.1. The lowest BCUT2D eigenvalue weighted by molar-refractivity contribution is 0.00720. The first-order valence-corrected chi connectivity index (χ1v) is 9.32. The summed E-state index contributed by atoms with van der Waals surface area (Å²) < 4.78 is 7.70. The van der Waals surface area contributed by atoms with Gasteiger partial charge in [-0.25, -0.2) is 4.68 Å². The number of carbonyl (C=O) groups is 1. The highest BCUT2D eigenvalue weighted by molar-refractivity contribution is 5.95. The van der Waals surface area contributed by atoms with E-state index in [0.29, 0.717) is 19.1 Å². The molecule has 2 aliphatic rings. The smallest absolute Gasteiger partial charge is 0.257 e. The van der Waals surface area contributed by atoms with E-state index in [4.69, 9.17) is 4.74 Å². The minimum absolute atomic E-state index is 0.105.